The van der Waals surface area contributed by atoms with Crippen LogP contribution in [0.4, 0.5) is 32.0 Å². The fourth-order valence-corrected chi connectivity index (χ4v) is 9.46. The van der Waals surface area contributed by atoms with Crippen molar-refractivity contribution < 1.29 is 50.9 Å². The summed E-state index contributed by atoms with van der Waals surface area (Å²) in [7, 11) is 0. The molecule has 1 aliphatic carbocycles. The summed E-state index contributed by atoms with van der Waals surface area (Å²) in [4.78, 5) is 39.1. The Hall–Kier alpha value is -7.12. The van der Waals surface area contributed by atoms with Crippen molar-refractivity contribution in [2.75, 3.05) is 5.73 Å². The van der Waals surface area contributed by atoms with Crippen molar-refractivity contribution in [2.24, 2.45) is 0 Å². The van der Waals surface area contributed by atoms with E-state index in [1.165, 1.54) is 42.5 Å². The summed E-state index contributed by atoms with van der Waals surface area (Å²) in [6.07, 6.45) is -8.05. The Labute approximate surface area is 465 Å². The molecule has 4 N–H and O–H groups in total. The highest BCUT2D eigenvalue weighted by molar-refractivity contribution is 9.11. The van der Waals surface area contributed by atoms with Crippen molar-refractivity contribution in [1.82, 2.24) is 9.55 Å². The van der Waals surface area contributed by atoms with Gasteiger partial charge in [0, 0.05) is 62.3 Å². The third-order valence-electron chi connectivity index (χ3n) is 11.4. The summed E-state index contributed by atoms with van der Waals surface area (Å²) < 4.78 is 81.9. The predicted molar refractivity (Wildman–Crippen MR) is 302 cm³/mol. The van der Waals surface area contributed by atoms with Crippen LogP contribution in [0.3, 0.4) is 0 Å². The Balaban J connectivity index is 0.000000194. The summed E-state index contributed by atoms with van der Waals surface area (Å²) in [5, 5.41) is 22.2. The monoisotopic (exact) mass is 1290 g/mol. The van der Waals surface area contributed by atoms with E-state index in [9.17, 15) is 45.8 Å². The van der Waals surface area contributed by atoms with E-state index in [0.717, 1.165) is 81.1 Å². The molecule has 1 aromatic heterocycles. The molecule has 76 heavy (non-hydrogen) atoms. The molecule has 0 saturated carbocycles. The molecule has 388 valence electrons. The summed E-state index contributed by atoms with van der Waals surface area (Å²) in [5.41, 5.74) is 9.31. The molecule has 0 aliphatic heterocycles. The maximum Gasteiger partial charge on any atom is 0.416 e. The van der Waals surface area contributed by atoms with Crippen molar-refractivity contribution in [3.8, 4) is 39.7 Å². The molecular weight excluding hydrogens is 1250 g/mol. The van der Waals surface area contributed by atoms with Crippen LogP contribution in [0.15, 0.2) is 188 Å². The third kappa shape index (κ3) is 12.8. The lowest BCUT2D eigenvalue weighted by molar-refractivity contribution is -0.138. The third-order valence-corrected chi connectivity index (χ3v) is 13.4. The highest BCUT2D eigenvalue weighted by Gasteiger charge is 2.33. The van der Waals surface area contributed by atoms with Gasteiger partial charge in [0.15, 0.2) is 0 Å². The van der Waals surface area contributed by atoms with Gasteiger partial charge in [0.05, 0.1) is 22.2 Å². The van der Waals surface area contributed by atoms with Gasteiger partial charge in [-0.2, -0.15) is 26.3 Å². The first kappa shape index (κ1) is 58.1. The van der Waals surface area contributed by atoms with E-state index in [-0.39, 0.29) is 32.0 Å². The molecule has 0 amide bonds. The van der Waals surface area contributed by atoms with Crippen molar-refractivity contribution in [3.63, 3.8) is 0 Å². The quantitative estimate of drug-likeness (QED) is 0.0527. The number of phenolic OH excluding ortho intramolecular Hbond substituents is 2. The number of rotatable bonds is 3. The number of hydrogen-bond acceptors (Lipinski definition) is 7. The lowest BCUT2D eigenvalue weighted by Crippen LogP contribution is -2.21. The zero-order valence-electron chi connectivity index (χ0n) is 37.6. The van der Waals surface area contributed by atoms with E-state index in [1.807, 2.05) is 60.7 Å². The molecule has 0 fully saturated rings. The van der Waals surface area contributed by atoms with Gasteiger partial charge >= 0.3 is 12.4 Å². The van der Waals surface area contributed by atoms with Crippen molar-refractivity contribution in [2.45, 2.75) is 27.2 Å². The number of nitrogen functional groups attached to an aromatic ring is 1. The largest absolute Gasteiger partial charge is 0.508 e. The van der Waals surface area contributed by atoms with Crippen LogP contribution < -0.4 is 5.73 Å². The molecular formula is C58H41Br4F6N3O5. The number of Topliss-reactive ketones (excluding diaryl/α,β-unsaturated/α-hetero) is 2. The Morgan fingerprint density at radius 2 is 0.947 bits per heavy atom. The number of aromatic nitrogens is 2. The summed E-state index contributed by atoms with van der Waals surface area (Å²) in [6.45, 7) is 0. The van der Waals surface area contributed by atoms with Crippen LogP contribution in [0.25, 0.3) is 60.8 Å². The minimum absolute atomic E-state index is 0. The predicted octanol–water partition coefficient (Wildman–Crippen LogP) is 18.3. The molecule has 18 heteroatoms. The Morgan fingerprint density at radius 3 is 1.43 bits per heavy atom. The lowest BCUT2D eigenvalue weighted by atomic mass is 9.84. The van der Waals surface area contributed by atoms with E-state index in [2.05, 4.69) is 63.7 Å². The maximum absolute atomic E-state index is 13.7. The molecule has 0 radical (unpaired) electrons. The average molecular weight is 1290 g/mol. The van der Waals surface area contributed by atoms with Gasteiger partial charge in [-0.3, -0.25) is 19.0 Å². The topological polar surface area (TPSA) is 136 Å². The second-order valence-electron chi connectivity index (χ2n) is 16.3. The van der Waals surface area contributed by atoms with Crippen LogP contribution >= 0.6 is 63.7 Å². The van der Waals surface area contributed by atoms with Gasteiger partial charge in [-0.15, -0.1) is 0 Å². The van der Waals surface area contributed by atoms with Gasteiger partial charge in [0.2, 0.25) is 11.6 Å². The highest BCUT2D eigenvalue weighted by Crippen LogP contribution is 2.42. The number of carbonyl (C=O) groups is 3. The van der Waals surface area contributed by atoms with Crippen LogP contribution in [-0.2, 0) is 12.4 Å². The summed E-state index contributed by atoms with van der Waals surface area (Å²) in [5.74, 6) is -0.156. The molecule has 0 spiro atoms. The molecule has 11 rings (SSSR count). The van der Waals surface area contributed by atoms with Crippen LogP contribution in [0.1, 0.15) is 57.1 Å². The Bertz CT molecular complexity index is 3750. The number of halogens is 10. The van der Waals surface area contributed by atoms with Crippen LogP contribution in [0, 0.1) is 0 Å². The van der Waals surface area contributed by atoms with E-state index in [1.54, 1.807) is 47.0 Å². The first-order valence-corrected chi connectivity index (χ1v) is 24.8. The number of fused-ring (bicyclic) bond motifs is 9. The number of hydrogen-bond donors (Lipinski definition) is 3. The first-order valence-electron chi connectivity index (χ1n) is 21.7. The second-order valence-corrected chi connectivity index (χ2v) is 20.0. The first-order chi connectivity index (χ1) is 35.1. The molecule has 0 unspecified atom stereocenters. The van der Waals surface area contributed by atoms with E-state index < -0.39 is 35.0 Å². The van der Waals surface area contributed by atoms with Crippen LogP contribution in [0.5, 0.6) is 11.5 Å². The lowest BCUT2D eigenvalue weighted by Gasteiger charge is -2.18. The van der Waals surface area contributed by atoms with Crippen LogP contribution in [-0.4, -0.2) is 37.6 Å². The maximum atomic E-state index is 13.7. The van der Waals surface area contributed by atoms with Crippen molar-refractivity contribution in [1.29, 1.82) is 0 Å². The Kier molecular flexibility index (Phi) is 18.2. The minimum atomic E-state index is -4.49. The number of nitrogens with zero attached hydrogens (tertiary/aromatic N) is 2. The van der Waals surface area contributed by atoms with E-state index in [4.69, 9.17) is 15.8 Å². The number of aldehydes is 1. The van der Waals surface area contributed by atoms with E-state index in [0.29, 0.717) is 44.8 Å². The van der Waals surface area contributed by atoms with Gasteiger partial charge in [0.1, 0.15) is 23.6 Å². The van der Waals surface area contributed by atoms with Crippen LogP contribution in [0.2, 0.25) is 0 Å². The minimum Gasteiger partial charge on any atom is -0.508 e. The second kappa shape index (κ2) is 23.8. The Morgan fingerprint density at radius 1 is 0.500 bits per heavy atom. The molecule has 1 aliphatic rings. The molecule has 9 aromatic carbocycles. The number of phenols is 2. The number of carbonyl (C=O) groups excluding carboxylic acids is 3. The number of nitrogens with two attached hydrogens (primary N) is 1. The summed E-state index contributed by atoms with van der Waals surface area (Å²) in [6, 6.07) is 45.1. The molecule has 8 nitrogen and oxygen atoms in total. The number of anilines is 1. The smallest absolute Gasteiger partial charge is 0.416 e. The fourth-order valence-electron chi connectivity index (χ4n) is 8.02. The molecule has 10 aromatic rings. The average Bonchev–Trinajstić information content (AvgIpc) is 3.78. The molecule has 0 atom stereocenters. The number of benzene rings is 9. The zero-order valence-corrected chi connectivity index (χ0v) is 44.0. The number of ketones is 2. The van der Waals surface area contributed by atoms with Gasteiger partial charge < -0.3 is 15.9 Å². The SMILES string of the molecule is C.C.Nc1cccc(C(F)(F)F)c1.O=C1C(=O)c2cc(Br)ccc2-c2ccc(Br)cc21.O=Cc1ccc(O)cc1.Oc1ccc(-c2nc3c4cc(Br)ccc4c4ccc(Br)cc4c3n2-c2cccc(C(F)(F)F)c2)cc1. The van der Waals surface area contributed by atoms with Gasteiger partial charge in [-0.1, -0.05) is 115 Å². The molecule has 0 saturated heterocycles. The zero-order chi connectivity index (χ0) is 53.2. The molecule has 1 heterocycles. The van der Waals surface area contributed by atoms with Gasteiger partial charge in [0.25, 0.3) is 0 Å². The number of imidazole rings is 1. The normalized spacial score (nSPS) is 11.6. The van der Waals surface area contributed by atoms with Crippen molar-refractivity contribution in [3.05, 3.63) is 216 Å². The van der Waals surface area contributed by atoms with Crippen molar-refractivity contribution >= 4 is 120 Å². The number of alkyl halides is 6. The van der Waals surface area contributed by atoms with Gasteiger partial charge in [-0.05, 0) is 155 Å². The summed E-state index contributed by atoms with van der Waals surface area (Å²) >= 11 is 13.7. The molecule has 0 bridgehead atoms. The highest BCUT2D eigenvalue weighted by atomic mass is 79.9. The standard InChI is InChI=1S/C28H15Br2F3N2O.C14H6Br2O2.C7H6F3N.C7H6O2.2CH4/c29-17-6-10-21-22-11-7-18(30)14-24(22)26-25(23(21)13-17)34-27(15-4-8-20(36)9-5-15)35(26)19-3-1-2-16(12-19)28(31,32)33;15-7-1-3-9-10-4-2-8(16)6-12(10)14(18)13(17)11(9)5-7;8-7(9,10)5-2-1-3-6(11)4-5;8-5-6-1-3-7(9)4-2-6;;/h1-14,36H;1-6H;1-4H,11H2;1-5,9H;2*1H4. The number of aromatic hydroxyl groups is 2. The van der Waals surface area contributed by atoms with E-state index >= 15 is 0 Å². The van der Waals surface area contributed by atoms with Gasteiger partial charge in [-0.25, -0.2) is 4.98 Å². The fraction of sp³-hybridized carbons (Fsp3) is 0.0690.